The Hall–Kier alpha value is -1.23. The molecule has 0 unspecified atom stereocenters. The first-order chi connectivity index (χ1) is 5.42. The molecule has 2 rings (SSSR count). The van der Waals surface area contributed by atoms with Gasteiger partial charge in [-0.25, -0.2) is 0 Å². The van der Waals surface area contributed by atoms with Crippen molar-refractivity contribution in [3.63, 3.8) is 0 Å². The maximum absolute atomic E-state index is 8.71. The van der Waals surface area contributed by atoms with Crippen molar-refractivity contribution in [1.82, 2.24) is 4.98 Å². The zero-order chi connectivity index (χ0) is 7.68. The predicted molar refractivity (Wildman–Crippen MR) is 42.1 cm³/mol. The summed E-state index contributed by atoms with van der Waals surface area (Å²) in [4.78, 5) is 3.15. The molecule has 0 aromatic carbocycles. The van der Waals surface area contributed by atoms with Crippen molar-refractivity contribution < 1.29 is 0 Å². The lowest BCUT2D eigenvalue weighted by Crippen LogP contribution is -2.01. The third-order valence-corrected chi connectivity index (χ3v) is 2.30. The van der Waals surface area contributed by atoms with E-state index in [0.717, 1.165) is 18.4 Å². The van der Waals surface area contributed by atoms with E-state index in [1.807, 2.05) is 6.20 Å². The van der Waals surface area contributed by atoms with Crippen LogP contribution in [0.5, 0.6) is 0 Å². The molecule has 56 valence electrons. The van der Waals surface area contributed by atoms with E-state index < -0.39 is 0 Å². The van der Waals surface area contributed by atoms with E-state index >= 15 is 0 Å². The summed E-state index contributed by atoms with van der Waals surface area (Å²) in [6.45, 7) is 0. The lowest BCUT2D eigenvalue weighted by molar-refractivity contribution is 0.676. The minimum absolute atomic E-state index is 0.847. The van der Waals surface area contributed by atoms with Crippen molar-refractivity contribution in [2.24, 2.45) is 0 Å². The summed E-state index contributed by atoms with van der Waals surface area (Å²) in [5.74, 6) is 0. The average molecular weight is 146 g/mol. The van der Waals surface area contributed by atoms with Gasteiger partial charge in [0.2, 0.25) is 0 Å². The highest BCUT2D eigenvalue weighted by molar-refractivity contribution is 5.41. The second-order valence-corrected chi connectivity index (χ2v) is 2.98. The summed E-state index contributed by atoms with van der Waals surface area (Å²) in [6.07, 6.45) is 6.53. The Kier molecular flexibility index (Phi) is 1.43. The van der Waals surface area contributed by atoms with E-state index in [0.29, 0.717) is 0 Å². The number of hydrogen-bond acceptors (Lipinski definition) is 1. The van der Waals surface area contributed by atoms with Crippen LogP contribution in [0.3, 0.4) is 0 Å². The third-order valence-electron chi connectivity index (χ3n) is 2.30. The topological polar surface area (TPSA) is 39.6 Å². The second-order valence-electron chi connectivity index (χ2n) is 2.98. The van der Waals surface area contributed by atoms with Gasteiger partial charge in [-0.3, -0.25) is 0 Å². The zero-order valence-corrected chi connectivity index (χ0v) is 6.35. The molecule has 11 heavy (non-hydrogen) atoms. The smallest absolute Gasteiger partial charge is 0.101 e. The number of fused-ring (bicyclic) bond motifs is 1. The molecule has 2 nitrogen and oxygen atoms in total. The molecule has 1 heterocycles. The van der Waals surface area contributed by atoms with Crippen LogP contribution >= 0.6 is 0 Å². The summed E-state index contributed by atoms with van der Waals surface area (Å²) in [5, 5.41) is 8.71. The molecule has 1 aliphatic carbocycles. The molecule has 0 fully saturated rings. The molecular weight excluding hydrogens is 136 g/mol. The molecule has 1 N–H and O–H groups in total. The van der Waals surface area contributed by atoms with Crippen LogP contribution in [0, 0.1) is 11.3 Å². The SMILES string of the molecule is N#Cc1c[nH]c2c1CCCC2. The molecule has 0 spiro atoms. The summed E-state index contributed by atoms with van der Waals surface area (Å²) in [6, 6.07) is 2.20. The van der Waals surface area contributed by atoms with Crippen molar-refractivity contribution in [3.8, 4) is 6.07 Å². The first kappa shape index (κ1) is 6.48. The quantitative estimate of drug-likeness (QED) is 0.595. The molecule has 1 aromatic rings. The monoisotopic (exact) mass is 146 g/mol. The van der Waals surface area contributed by atoms with Crippen molar-refractivity contribution in [2.45, 2.75) is 25.7 Å². The van der Waals surface area contributed by atoms with E-state index in [-0.39, 0.29) is 0 Å². The number of aromatic nitrogens is 1. The first-order valence-corrected chi connectivity index (χ1v) is 4.01. The van der Waals surface area contributed by atoms with Crippen molar-refractivity contribution >= 4 is 0 Å². The molecule has 0 saturated heterocycles. The maximum atomic E-state index is 8.71. The summed E-state index contributed by atoms with van der Waals surface area (Å²) in [5.41, 5.74) is 3.39. The number of nitrogens with one attached hydrogen (secondary N) is 1. The van der Waals surface area contributed by atoms with E-state index in [1.165, 1.54) is 24.1 Å². The largest absolute Gasteiger partial charge is 0.364 e. The number of nitriles is 1. The fourth-order valence-electron chi connectivity index (χ4n) is 1.71. The van der Waals surface area contributed by atoms with Gasteiger partial charge in [-0.05, 0) is 31.2 Å². The summed E-state index contributed by atoms with van der Waals surface area (Å²) < 4.78 is 0. The van der Waals surface area contributed by atoms with E-state index in [1.54, 1.807) is 0 Å². The molecule has 1 aliphatic rings. The van der Waals surface area contributed by atoms with Crippen LogP contribution in [0.15, 0.2) is 6.20 Å². The fourth-order valence-corrected chi connectivity index (χ4v) is 1.71. The molecular formula is C9H10N2. The third kappa shape index (κ3) is 0.932. The van der Waals surface area contributed by atoms with Crippen molar-refractivity contribution in [1.29, 1.82) is 5.26 Å². The van der Waals surface area contributed by atoms with Crippen LogP contribution in [-0.2, 0) is 12.8 Å². The van der Waals surface area contributed by atoms with Gasteiger partial charge in [0.05, 0.1) is 5.56 Å². The molecule has 0 atom stereocenters. The van der Waals surface area contributed by atoms with E-state index in [2.05, 4.69) is 11.1 Å². The second kappa shape index (κ2) is 2.43. The van der Waals surface area contributed by atoms with Gasteiger partial charge in [0.25, 0.3) is 0 Å². The number of nitrogens with zero attached hydrogens (tertiary/aromatic N) is 1. The molecule has 1 aromatic heterocycles. The molecule has 0 aliphatic heterocycles. The van der Waals surface area contributed by atoms with Gasteiger partial charge in [0, 0.05) is 11.9 Å². The predicted octanol–water partition coefficient (Wildman–Crippen LogP) is 1.77. The summed E-state index contributed by atoms with van der Waals surface area (Å²) in [7, 11) is 0. The average Bonchev–Trinajstić information content (AvgIpc) is 2.47. The van der Waals surface area contributed by atoms with E-state index in [9.17, 15) is 0 Å². The highest BCUT2D eigenvalue weighted by Crippen LogP contribution is 2.22. The number of aryl methyl sites for hydroxylation is 1. The van der Waals surface area contributed by atoms with Crippen LogP contribution in [0.4, 0.5) is 0 Å². The van der Waals surface area contributed by atoms with Crippen LogP contribution in [-0.4, -0.2) is 4.98 Å². The Morgan fingerprint density at radius 3 is 3.00 bits per heavy atom. The molecule has 2 heteroatoms. The molecule has 0 amide bonds. The highest BCUT2D eigenvalue weighted by atomic mass is 14.7. The van der Waals surface area contributed by atoms with Gasteiger partial charge in [-0.15, -0.1) is 0 Å². The molecule has 0 radical (unpaired) electrons. The van der Waals surface area contributed by atoms with Gasteiger partial charge in [-0.2, -0.15) is 5.26 Å². The number of H-pyrrole nitrogens is 1. The van der Waals surface area contributed by atoms with Crippen LogP contribution in [0.1, 0.15) is 29.7 Å². The lowest BCUT2D eigenvalue weighted by Gasteiger charge is -2.09. The van der Waals surface area contributed by atoms with Crippen LogP contribution in [0.25, 0.3) is 0 Å². The van der Waals surface area contributed by atoms with Gasteiger partial charge in [-0.1, -0.05) is 0 Å². The van der Waals surface area contributed by atoms with Crippen LogP contribution < -0.4 is 0 Å². The van der Waals surface area contributed by atoms with Gasteiger partial charge >= 0.3 is 0 Å². The van der Waals surface area contributed by atoms with Crippen LogP contribution in [0.2, 0.25) is 0 Å². The fraction of sp³-hybridized carbons (Fsp3) is 0.444. The number of hydrogen-bond donors (Lipinski definition) is 1. The Morgan fingerprint density at radius 2 is 2.18 bits per heavy atom. The Labute approximate surface area is 65.9 Å². The Balaban J connectivity index is 2.48. The summed E-state index contributed by atoms with van der Waals surface area (Å²) >= 11 is 0. The van der Waals surface area contributed by atoms with Gasteiger partial charge < -0.3 is 4.98 Å². The number of rotatable bonds is 0. The Bertz CT molecular complexity index is 304. The first-order valence-electron chi connectivity index (χ1n) is 4.01. The van der Waals surface area contributed by atoms with Crippen molar-refractivity contribution in [2.75, 3.05) is 0 Å². The van der Waals surface area contributed by atoms with Gasteiger partial charge in [0.1, 0.15) is 6.07 Å². The lowest BCUT2D eigenvalue weighted by atomic mass is 9.96. The van der Waals surface area contributed by atoms with E-state index in [4.69, 9.17) is 5.26 Å². The highest BCUT2D eigenvalue weighted by Gasteiger charge is 2.13. The minimum Gasteiger partial charge on any atom is -0.364 e. The molecule has 0 bridgehead atoms. The normalized spacial score (nSPS) is 15.5. The van der Waals surface area contributed by atoms with Crippen molar-refractivity contribution in [3.05, 3.63) is 23.0 Å². The standard InChI is InChI=1S/C9H10N2/c10-5-7-6-11-9-4-2-1-3-8(7)9/h6,11H,1-4H2. The zero-order valence-electron chi connectivity index (χ0n) is 6.35. The maximum Gasteiger partial charge on any atom is 0.101 e. The molecule has 0 saturated carbocycles. The minimum atomic E-state index is 0.847. The van der Waals surface area contributed by atoms with Gasteiger partial charge in [0.15, 0.2) is 0 Å². The Morgan fingerprint density at radius 1 is 1.36 bits per heavy atom. The number of aromatic amines is 1.